The maximum absolute atomic E-state index is 12.1. The Balaban J connectivity index is 1.77. The molecule has 2 aromatic rings. The number of carboxylic acid groups (broad SMARTS) is 1. The summed E-state index contributed by atoms with van der Waals surface area (Å²) in [4.78, 5) is 27.3. The quantitative estimate of drug-likeness (QED) is 0.908. The predicted molar refractivity (Wildman–Crippen MR) is 78.8 cm³/mol. The summed E-state index contributed by atoms with van der Waals surface area (Å²) < 4.78 is 6.04. The molecular weight excluding hydrogens is 292 g/mol. The topological polar surface area (TPSA) is 88.5 Å². The van der Waals surface area contributed by atoms with E-state index in [1.807, 2.05) is 0 Å². The molecule has 1 amide bonds. The first-order valence-electron chi connectivity index (χ1n) is 6.66. The van der Waals surface area contributed by atoms with Crippen molar-refractivity contribution in [1.29, 1.82) is 0 Å². The van der Waals surface area contributed by atoms with Crippen molar-refractivity contribution in [3.63, 3.8) is 0 Å². The fourth-order valence-electron chi connectivity index (χ4n) is 2.27. The summed E-state index contributed by atoms with van der Waals surface area (Å²) in [6.45, 7) is 1.16. The number of carboxylic acids is 1. The molecule has 0 spiro atoms. The molecule has 0 bridgehead atoms. The molecule has 1 aliphatic heterocycles. The van der Waals surface area contributed by atoms with Crippen LogP contribution in [0.2, 0.25) is 0 Å². The summed E-state index contributed by atoms with van der Waals surface area (Å²) >= 11 is 1.27. The lowest BCUT2D eigenvalue weighted by molar-refractivity contribution is -0.123. The minimum absolute atomic E-state index is 0.0905. The Bertz CT molecular complexity index is 691. The van der Waals surface area contributed by atoms with Crippen LogP contribution in [-0.2, 0) is 9.53 Å². The van der Waals surface area contributed by atoms with Gasteiger partial charge in [0.05, 0.1) is 28.3 Å². The van der Waals surface area contributed by atoms with Crippen LogP contribution in [0.5, 0.6) is 0 Å². The molecule has 110 valence electrons. The van der Waals surface area contributed by atoms with Crippen molar-refractivity contribution in [3.8, 4) is 0 Å². The highest BCUT2D eigenvalue weighted by Crippen LogP contribution is 2.27. The van der Waals surface area contributed by atoms with E-state index in [4.69, 9.17) is 9.84 Å². The van der Waals surface area contributed by atoms with Crippen LogP contribution in [0.1, 0.15) is 23.2 Å². The second kappa shape index (κ2) is 5.79. The standard InChI is InChI=1S/C14H14N2O4S/c17-12(9-2-1-5-20-7-9)16-14-15-10-4-3-8(13(18)19)6-11(10)21-14/h3-4,6,9H,1-2,5,7H2,(H,18,19)(H,15,16,17). The second-order valence-corrected chi connectivity index (χ2v) is 5.94. The first kappa shape index (κ1) is 14.0. The van der Waals surface area contributed by atoms with E-state index < -0.39 is 5.97 Å². The number of nitrogens with one attached hydrogen (secondary N) is 1. The number of carbonyl (C=O) groups is 2. The molecule has 2 N–H and O–H groups in total. The molecule has 1 saturated heterocycles. The van der Waals surface area contributed by atoms with Gasteiger partial charge in [0.2, 0.25) is 5.91 Å². The highest BCUT2D eigenvalue weighted by atomic mass is 32.1. The lowest BCUT2D eigenvalue weighted by atomic mass is 10.0. The zero-order valence-electron chi connectivity index (χ0n) is 11.2. The summed E-state index contributed by atoms with van der Waals surface area (Å²) in [5.41, 5.74) is 0.893. The van der Waals surface area contributed by atoms with Crippen molar-refractivity contribution in [3.05, 3.63) is 23.8 Å². The average Bonchev–Trinajstić information content (AvgIpc) is 2.89. The van der Waals surface area contributed by atoms with Gasteiger partial charge in [-0.15, -0.1) is 0 Å². The number of hydrogen-bond acceptors (Lipinski definition) is 5. The number of hydrogen-bond donors (Lipinski definition) is 2. The number of aromatic carboxylic acids is 1. The average molecular weight is 306 g/mol. The van der Waals surface area contributed by atoms with E-state index in [0.29, 0.717) is 23.9 Å². The number of benzene rings is 1. The molecule has 0 radical (unpaired) electrons. The molecule has 0 saturated carbocycles. The van der Waals surface area contributed by atoms with Crippen LogP contribution in [0.4, 0.5) is 5.13 Å². The van der Waals surface area contributed by atoms with Crippen LogP contribution in [0.15, 0.2) is 18.2 Å². The predicted octanol–water partition coefficient (Wildman–Crippen LogP) is 2.36. The Labute approximate surface area is 124 Å². The zero-order chi connectivity index (χ0) is 14.8. The maximum Gasteiger partial charge on any atom is 0.335 e. The molecule has 7 heteroatoms. The molecule has 21 heavy (non-hydrogen) atoms. The van der Waals surface area contributed by atoms with Crippen molar-refractivity contribution in [1.82, 2.24) is 4.98 Å². The van der Waals surface area contributed by atoms with Gasteiger partial charge >= 0.3 is 5.97 Å². The fraction of sp³-hybridized carbons (Fsp3) is 0.357. The summed E-state index contributed by atoms with van der Waals surface area (Å²) in [5, 5.41) is 12.2. The Morgan fingerprint density at radius 3 is 3.00 bits per heavy atom. The Morgan fingerprint density at radius 2 is 2.29 bits per heavy atom. The van der Waals surface area contributed by atoms with Gasteiger partial charge in [0, 0.05) is 6.61 Å². The number of carbonyl (C=O) groups excluding carboxylic acids is 1. The van der Waals surface area contributed by atoms with E-state index in [0.717, 1.165) is 17.5 Å². The lowest BCUT2D eigenvalue weighted by Gasteiger charge is -2.20. The first-order valence-corrected chi connectivity index (χ1v) is 7.47. The molecule has 1 atom stereocenters. The lowest BCUT2D eigenvalue weighted by Crippen LogP contribution is -2.30. The van der Waals surface area contributed by atoms with Crippen molar-refractivity contribution < 1.29 is 19.4 Å². The zero-order valence-corrected chi connectivity index (χ0v) is 12.0. The van der Waals surface area contributed by atoms with Crippen LogP contribution in [0, 0.1) is 5.92 Å². The van der Waals surface area contributed by atoms with Gasteiger partial charge in [0.25, 0.3) is 0 Å². The van der Waals surface area contributed by atoms with Gasteiger partial charge in [-0.1, -0.05) is 11.3 Å². The van der Waals surface area contributed by atoms with Gasteiger partial charge in [-0.2, -0.15) is 0 Å². The second-order valence-electron chi connectivity index (χ2n) is 4.91. The largest absolute Gasteiger partial charge is 0.478 e. The van der Waals surface area contributed by atoms with E-state index in [1.165, 1.54) is 17.4 Å². The molecule has 1 fully saturated rings. The highest BCUT2D eigenvalue weighted by molar-refractivity contribution is 7.22. The third-order valence-corrected chi connectivity index (χ3v) is 4.33. The number of amides is 1. The SMILES string of the molecule is O=C(O)c1ccc2nc(NC(=O)C3CCCOC3)sc2c1. The van der Waals surface area contributed by atoms with Gasteiger partial charge in [-0.3, -0.25) is 4.79 Å². The van der Waals surface area contributed by atoms with Crippen molar-refractivity contribution >= 4 is 38.6 Å². The van der Waals surface area contributed by atoms with E-state index in [1.54, 1.807) is 12.1 Å². The van der Waals surface area contributed by atoms with Gasteiger partial charge in [0.15, 0.2) is 5.13 Å². The summed E-state index contributed by atoms with van der Waals surface area (Å²) in [6, 6.07) is 4.72. The van der Waals surface area contributed by atoms with Crippen LogP contribution in [0.25, 0.3) is 10.2 Å². The minimum atomic E-state index is -0.977. The molecule has 6 nitrogen and oxygen atoms in total. The van der Waals surface area contributed by atoms with Crippen LogP contribution in [0.3, 0.4) is 0 Å². The molecule has 1 aromatic heterocycles. The van der Waals surface area contributed by atoms with Gasteiger partial charge < -0.3 is 15.2 Å². The number of anilines is 1. The Morgan fingerprint density at radius 1 is 1.43 bits per heavy atom. The van der Waals surface area contributed by atoms with E-state index in [-0.39, 0.29) is 17.4 Å². The van der Waals surface area contributed by atoms with Gasteiger partial charge in [0.1, 0.15) is 0 Å². The van der Waals surface area contributed by atoms with Crippen molar-refractivity contribution in [2.45, 2.75) is 12.8 Å². The van der Waals surface area contributed by atoms with E-state index >= 15 is 0 Å². The minimum Gasteiger partial charge on any atom is -0.478 e. The molecule has 1 unspecified atom stereocenters. The van der Waals surface area contributed by atoms with Crippen molar-refractivity contribution in [2.75, 3.05) is 18.5 Å². The van der Waals surface area contributed by atoms with Crippen LogP contribution < -0.4 is 5.32 Å². The molecule has 2 heterocycles. The summed E-state index contributed by atoms with van der Waals surface area (Å²) in [6.07, 6.45) is 1.71. The van der Waals surface area contributed by atoms with E-state index in [9.17, 15) is 9.59 Å². The van der Waals surface area contributed by atoms with Gasteiger partial charge in [-0.25, -0.2) is 9.78 Å². The number of thiazole rings is 1. The molecule has 3 rings (SSSR count). The smallest absolute Gasteiger partial charge is 0.335 e. The number of nitrogens with zero attached hydrogens (tertiary/aromatic N) is 1. The van der Waals surface area contributed by atoms with Crippen molar-refractivity contribution in [2.24, 2.45) is 5.92 Å². The van der Waals surface area contributed by atoms with Crippen LogP contribution >= 0.6 is 11.3 Å². The number of fused-ring (bicyclic) bond motifs is 1. The van der Waals surface area contributed by atoms with Crippen LogP contribution in [-0.4, -0.2) is 35.2 Å². The third-order valence-electron chi connectivity index (χ3n) is 3.40. The summed E-state index contributed by atoms with van der Waals surface area (Å²) in [5.74, 6) is -1.21. The number of rotatable bonds is 3. The Hall–Kier alpha value is -1.99. The number of ether oxygens (including phenoxy) is 1. The number of aromatic nitrogens is 1. The maximum atomic E-state index is 12.1. The fourth-order valence-corrected chi connectivity index (χ4v) is 3.17. The monoisotopic (exact) mass is 306 g/mol. The summed E-state index contributed by atoms with van der Waals surface area (Å²) in [7, 11) is 0. The Kier molecular flexibility index (Phi) is 3.85. The molecule has 0 aliphatic carbocycles. The first-order chi connectivity index (χ1) is 10.1. The molecular formula is C14H14N2O4S. The highest BCUT2D eigenvalue weighted by Gasteiger charge is 2.22. The molecule has 1 aliphatic rings. The third kappa shape index (κ3) is 3.03. The van der Waals surface area contributed by atoms with E-state index in [2.05, 4.69) is 10.3 Å². The molecule has 1 aromatic carbocycles. The normalized spacial score (nSPS) is 18.6. The van der Waals surface area contributed by atoms with Gasteiger partial charge in [-0.05, 0) is 31.0 Å².